The van der Waals surface area contributed by atoms with Crippen molar-refractivity contribution >= 4 is 34.0 Å². The van der Waals surface area contributed by atoms with Crippen LogP contribution in [0.5, 0.6) is 0 Å². The topological polar surface area (TPSA) is 119 Å². The molecule has 0 saturated carbocycles. The molecule has 0 saturated heterocycles. The van der Waals surface area contributed by atoms with Gasteiger partial charge in [0, 0.05) is 30.4 Å². The number of carbonyl (C=O) groups excluding carboxylic acids is 2. The van der Waals surface area contributed by atoms with Crippen LogP contribution in [0.1, 0.15) is 30.2 Å². The van der Waals surface area contributed by atoms with Crippen molar-refractivity contribution in [1.29, 1.82) is 0 Å². The first-order valence-corrected chi connectivity index (χ1v) is 11.0. The van der Waals surface area contributed by atoms with Gasteiger partial charge in [0.15, 0.2) is 0 Å². The molecule has 0 fully saturated rings. The average molecular weight is 424 g/mol. The molecule has 0 aliphatic heterocycles. The van der Waals surface area contributed by atoms with Gasteiger partial charge in [0.05, 0.1) is 5.69 Å². The van der Waals surface area contributed by atoms with Crippen LogP contribution in [0.2, 0.25) is 0 Å². The normalized spacial score (nSPS) is 17.1. The largest absolute Gasteiger partial charge is 0.664 e. The maximum absolute atomic E-state index is 13.3. The minimum absolute atomic E-state index is 0.146. The van der Waals surface area contributed by atoms with Crippen LogP contribution in [0.15, 0.2) is 0 Å². The number of anilines is 2. The Morgan fingerprint density at radius 2 is 2.03 bits per heavy atom. The SMILES string of the molecule is CCNC(=O)N(CCN(C)C)C(=O)C(C[N-]C)C[C@H]1CCc2sc(N)c(N)c2C1. The van der Waals surface area contributed by atoms with E-state index < -0.39 is 0 Å². The molecule has 0 bridgehead atoms. The highest BCUT2D eigenvalue weighted by Crippen LogP contribution is 2.41. The summed E-state index contributed by atoms with van der Waals surface area (Å²) >= 11 is 1.58. The Morgan fingerprint density at radius 3 is 2.66 bits per heavy atom. The fraction of sp³-hybridized carbons (Fsp3) is 0.700. The predicted molar refractivity (Wildman–Crippen MR) is 120 cm³/mol. The molecule has 1 heterocycles. The minimum atomic E-state index is -0.332. The molecule has 5 N–H and O–H groups in total. The number of hydrogen-bond donors (Lipinski definition) is 3. The van der Waals surface area contributed by atoms with Gasteiger partial charge in [-0.2, -0.15) is 7.05 Å². The molecule has 9 heteroatoms. The van der Waals surface area contributed by atoms with Crippen molar-refractivity contribution in [3.05, 3.63) is 15.8 Å². The third-order valence-corrected chi connectivity index (χ3v) is 6.55. The number of hydrogen-bond acceptors (Lipinski definition) is 6. The number of nitrogens with zero attached hydrogens (tertiary/aromatic N) is 3. The summed E-state index contributed by atoms with van der Waals surface area (Å²) in [6.07, 6.45) is 3.47. The fourth-order valence-corrected chi connectivity index (χ4v) is 4.89. The molecule has 8 nitrogen and oxygen atoms in total. The van der Waals surface area contributed by atoms with Crippen LogP contribution < -0.4 is 16.8 Å². The maximum atomic E-state index is 13.3. The molecule has 2 rings (SSSR count). The van der Waals surface area contributed by atoms with E-state index in [-0.39, 0.29) is 17.9 Å². The smallest absolute Gasteiger partial charge is 0.324 e. The number of thiophene rings is 1. The lowest BCUT2D eigenvalue weighted by Gasteiger charge is -2.33. The van der Waals surface area contributed by atoms with E-state index in [2.05, 4.69) is 10.6 Å². The van der Waals surface area contributed by atoms with Crippen LogP contribution in [-0.2, 0) is 17.6 Å². The van der Waals surface area contributed by atoms with E-state index in [1.54, 1.807) is 18.4 Å². The Hall–Kier alpha value is -1.84. The van der Waals surface area contributed by atoms with Gasteiger partial charge in [-0.25, -0.2) is 4.79 Å². The zero-order valence-corrected chi connectivity index (χ0v) is 18.8. The van der Waals surface area contributed by atoms with Crippen molar-refractivity contribution in [1.82, 2.24) is 15.1 Å². The van der Waals surface area contributed by atoms with Crippen molar-refractivity contribution in [2.24, 2.45) is 11.8 Å². The molecule has 0 spiro atoms. The zero-order valence-electron chi connectivity index (χ0n) is 18.0. The number of nitrogens with one attached hydrogen (secondary N) is 1. The molecule has 1 aliphatic rings. The molecular formula is C20H35N6O2S-. The molecule has 164 valence electrons. The maximum Gasteiger partial charge on any atom is 0.324 e. The number of nitrogen functional groups attached to an aromatic ring is 2. The fourth-order valence-electron chi connectivity index (χ4n) is 3.86. The molecule has 1 aromatic rings. The lowest BCUT2D eigenvalue weighted by atomic mass is 9.81. The Bertz CT molecular complexity index is 705. The van der Waals surface area contributed by atoms with E-state index in [9.17, 15) is 9.59 Å². The lowest BCUT2D eigenvalue weighted by Crippen LogP contribution is -2.49. The van der Waals surface area contributed by atoms with Gasteiger partial charge >= 0.3 is 6.03 Å². The molecule has 0 aromatic carbocycles. The summed E-state index contributed by atoms with van der Waals surface area (Å²) in [5.41, 5.74) is 14.0. The Morgan fingerprint density at radius 1 is 1.31 bits per heavy atom. The summed E-state index contributed by atoms with van der Waals surface area (Å²) in [6.45, 7) is 3.73. The molecule has 1 aromatic heterocycles. The first-order valence-electron chi connectivity index (χ1n) is 10.2. The van der Waals surface area contributed by atoms with Gasteiger partial charge in [-0.3, -0.25) is 9.69 Å². The van der Waals surface area contributed by atoms with E-state index in [1.807, 2.05) is 25.9 Å². The van der Waals surface area contributed by atoms with Gasteiger partial charge in [-0.1, -0.05) is 0 Å². The van der Waals surface area contributed by atoms with Gasteiger partial charge in [-0.15, -0.1) is 17.9 Å². The molecule has 0 radical (unpaired) electrons. The van der Waals surface area contributed by atoms with E-state index in [1.165, 1.54) is 9.78 Å². The Balaban J connectivity index is 2.12. The quantitative estimate of drug-likeness (QED) is 0.562. The van der Waals surface area contributed by atoms with Crippen LogP contribution in [0, 0.1) is 11.8 Å². The highest BCUT2D eigenvalue weighted by Gasteiger charge is 2.31. The van der Waals surface area contributed by atoms with Crippen LogP contribution in [0.4, 0.5) is 15.5 Å². The third-order valence-electron chi connectivity index (χ3n) is 5.41. The standard InChI is InChI=1S/C20H35N6O2S/c1-5-24-20(28)26(9-8-25(3)4)19(27)14(12-23-2)10-13-6-7-16-15(11-13)17(21)18(22)29-16/h13-14H,5-12,21-22H2,1-4H3,(H,24,28)/q-1/t13-,14?/m1/s1. The second-order valence-electron chi connectivity index (χ2n) is 7.95. The number of imide groups is 1. The van der Waals surface area contributed by atoms with Gasteiger partial charge in [0.2, 0.25) is 5.91 Å². The van der Waals surface area contributed by atoms with E-state index >= 15 is 0 Å². The Labute approximate surface area is 178 Å². The first kappa shape index (κ1) is 23.4. The summed E-state index contributed by atoms with van der Waals surface area (Å²) in [5, 5.41) is 7.69. The molecule has 1 unspecified atom stereocenters. The van der Waals surface area contributed by atoms with E-state index in [0.29, 0.717) is 49.2 Å². The second-order valence-corrected chi connectivity index (χ2v) is 9.09. The zero-order chi connectivity index (χ0) is 21.6. The molecule has 29 heavy (non-hydrogen) atoms. The number of fused-ring (bicyclic) bond motifs is 1. The molecular weight excluding hydrogens is 388 g/mol. The number of nitrogens with two attached hydrogens (primary N) is 2. The van der Waals surface area contributed by atoms with Gasteiger partial charge in [0.25, 0.3) is 0 Å². The number of aryl methyl sites for hydroxylation is 1. The van der Waals surface area contributed by atoms with Crippen molar-refractivity contribution in [2.45, 2.75) is 32.6 Å². The number of urea groups is 1. The van der Waals surface area contributed by atoms with Crippen molar-refractivity contribution < 1.29 is 9.59 Å². The van der Waals surface area contributed by atoms with Gasteiger partial charge in [0.1, 0.15) is 5.00 Å². The highest BCUT2D eigenvalue weighted by atomic mass is 32.1. The van der Waals surface area contributed by atoms with E-state index in [4.69, 9.17) is 11.5 Å². The monoisotopic (exact) mass is 423 g/mol. The number of rotatable bonds is 9. The number of carbonyl (C=O) groups is 2. The highest BCUT2D eigenvalue weighted by molar-refractivity contribution is 7.16. The summed E-state index contributed by atoms with van der Waals surface area (Å²) in [4.78, 5) is 30.4. The van der Waals surface area contributed by atoms with E-state index in [0.717, 1.165) is 24.8 Å². The van der Waals surface area contributed by atoms with Gasteiger partial charge in [-0.05, 0) is 58.2 Å². The second kappa shape index (κ2) is 10.8. The van der Waals surface area contributed by atoms with Crippen molar-refractivity contribution in [3.8, 4) is 0 Å². The molecule has 3 amide bonds. The van der Waals surface area contributed by atoms with Crippen LogP contribution in [-0.4, -0.2) is 69.1 Å². The third kappa shape index (κ3) is 6.07. The summed E-state index contributed by atoms with van der Waals surface area (Å²) in [5.74, 6) is -0.125. The van der Waals surface area contributed by atoms with Crippen molar-refractivity contribution in [2.75, 3.05) is 58.8 Å². The Kier molecular flexibility index (Phi) is 8.73. The van der Waals surface area contributed by atoms with Crippen LogP contribution >= 0.6 is 11.3 Å². The first-order chi connectivity index (χ1) is 13.8. The summed E-state index contributed by atoms with van der Waals surface area (Å²) < 4.78 is 0. The van der Waals surface area contributed by atoms with Crippen LogP contribution in [0.3, 0.4) is 0 Å². The number of amides is 3. The molecule has 1 aliphatic carbocycles. The van der Waals surface area contributed by atoms with Gasteiger partial charge < -0.3 is 27.0 Å². The predicted octanol–water partition coefficient (Wildman–Crippen LogP) is 2.15. The average Bonchev–Trinajstić information content (AvgIpc) is 2.95. The lowest BCUT2D eigenvalue weighted by molar-refractivity contribution is -0.132. The van der Waals surface area contributed by atoms with Crippen molar-refractivity contribution in [3.63, 3.8) is 0 Å². The molecule has 2 atom stereocenters. The number of likely N-dealkylation sites (N-methyl/N-ethyl adjacent to an activating group) is 1. The summed E-state index contributed by atoms with van der Waals surface area (Å²) in [6, 6.07) is -0.332. The summed E-state index contributed by atoms with van der Waals surface area (Å²) in [7, 11) is 5.57. The minimum Gasteiger partial charge on any atom is -0.664 e. The van der Waals surface area contributed by atoms with Crippen LogP contribution in [0.25, 0.3) is 5.32 Å².